The summed E-state index contributed by atoms with van der Waals surface area (Å²) < 4.78 is 0. The van der Waals surface area contributed by atoms with Crippen LogP contribution in [0.15, 0.2) is 0 Å². The fraction of sp³-hybridized carbons (Fsp3) is 1.00. The largest absolute Gasteiger partial charge is 0.394 e. The molecular weight excluding hydrogens is 224 g/mol. The molecule has 0 spiro atoms. The molecule has 2 N–H and O–H groups in total. The zero-order valence-corrected chi connectivity index (χ0v) is 12.5. The van der Waals surface area contributed by atoms with Gasteiger partial charge < -0.3 is 15.3 Å². The summed E-state index contributed by atoms with van der Waals surface area (Å²) in [6.07, 6.45) is 6.09. The molecule has 0 amide bonds. The molecule has 1 aliphatic carbocycles. The first-order valence-electron chi connectivity index (χ1n) is 7.80. The molecule has 1 fully saturated rings. The normalized spacial score (nSPS) is 19.2. The Morgan fingerprint density at radius 3 is 2.11 bits per heavy atom. The van der Waals surface area contributed by atoms with Crippen LogP contribution in [-0.4, -0.2) is 48.3 Å². The van der Waals surface area contributed by atoms with Crippen molar-refractivity contribution in [2.45, 2.75) is 58.4 Å². The number of hydrogen-bond donors (Lipinski definition) is 2. The van der Waals surface area contributed by atoms with E-state index in [-0.39, 0.29) is 12.1 Å². The summed E-state index contributed by atoms with van der Waals surface area (Å²) in [5.74, 6) is 0.685. The average molecular weight is 256 g/mol. The van der Waals surface area contributed by atoms with Crippen molar-refractivity contribution >= 4 is 0 Å². The molecule has 0 aliphatic heterocycles. The van der Waals surface area contributed by atoms with E-state index in [9.17, 15) is 5.11 Å². The van der Waals surface area contributed by atoms with Crippen LogP contribution in [0, 0.1) is 5.92 Å². The quantitative estimate of drug-likeness (QED) is 0.595. The van der Waals surface area contributed by atoms with Gasteiger partial charge in [-0.2, -0.15) is 0 Å². The van der Waals surface area contributed by atoms with E-state index in [1.54, 1.807) is 0 Å². The van der Waals surface area contributed by atoms with Gasteiger partial charge >= 0.3 is 0 Å². The Kier molecular flexibility index (Phi) is 7.20. The van der Waals surface area contributed by atoms with Crippen molar-refractivity contribution in [3.63, 3.8) is 0 Å². The molecule has 1 aliphatic rings. The summed E-state index contributed by atoms with van der Waals surface area (Å²) in [6, 6.07) is 0. The Hall–Kier alpha value is -0.120. The van der Waals surface area contributed by atoms with Crippen molar-refractivity contribution in [3.05, 3.63) is 0 Å². The van der Waals surface area contributed by atoms with E-state index in [1.165, 1.54) is 25.7 Å². The van der Waals surface area contributed by atoms with Gasteiger partial charge in [-0.25, -0.2) is 0 Å². The molecule has 0 heterocycles. The number of nitrogens with one attached hydrogen (secondary N) is 1. The molecular formula is C15H32N2O. The first-order valence-corrected chi connectivity index (χ1v) is 7.80. The van der Waals surface area contributed by atoms with E-state index in [4.69, 9.17) is 0 Å². The molecule has 0 radical (unpaired) electrons. The van der Waals surface area contributed by atoms with Gasteiger partial charge in [-0.1, -0.05) is 20.8 Å². The number of nitrogens with zero attached hydrogens (tertiary/aromatic N) is 1. The number of hydrogen-bond acceptors (Lipinski definition) is 3. The van der Waals surface area contributed by atoms with E-state index in [1.807, 2.05) is 0 Å². The number of aliphatic hydroxyl groups is 1. The van der Waals surface area contributed by atoms with Crippen molar-refractivity contribution in [1.82, 2.24) is 10.2 Å². The number of rotatable bonds is 11. The first-order chi connectivity index (χ1) is 8.72. The smallest absolute Gasteiger partial charge is 0.0628 e. The monoisotopic (exact) mass is 256 g/mol. The van der Waals surface area contributed by atoms with E-state index >= 15 is 0 Å². The van der Waals surface area contributed by atoms with Crippen molar-refractivity contribution in [1.29, 1.82) is 0 Å². The topological polar surface area (TPSA) is 35.5 Å². The van der Waals surface area contributed by atoms with Crippen molar-refractivity contribution < 1.29 is 5.11 Å². The van der Waals surface area contributed by atoms with Gasteiger partial charge in [0.1, 0.15) is 0 Å². The van der Waals surface area contributed by atoms with Crippen molar-refractivity contribution in [2.75, 3.05) is 32.8 Å². The van der Waals surface area contributed by atoms with E-state index in [0.29, 0.717) is 5.92 Å². The van der Waals surface area contributed by atoms with Crippen LogP contribution in [0.3, 0.4) is 0 Å². The lowest BCUT2D eigenvalue weighted by molar-refractivity contribution is 0.0903. The van der Waals surface area contributed by atoms with Gasteiger partial charge in [0.2, 0.25) is 0 Å². The molecule has 108 valence electrons. The maximum Gasteiger partial charge on any atom is 0.0628 e. The Morgan fingerprint density at radius 1 is 1.11 bits per heavy atom. The molecule has 18 heavy (non-hydrogen) atoms. The summed E-state index contributed by atoms with van der Waals surface area (Å²) in [6.45, 7) is 11.3. The molecule has 0 bridgehead atoms. The molecule has 0 aromatic heterocycles. The van der Waals surface area contributed by atoms with Gasteiger partial charge in [0.15, 0.2) is 0 Å². The molecule has 3 heteroatoms. The van der Waals surface area contributed by atoms with Gasteiger partial charge in [-0.05, 0) is 57.7 Å². The minimum absolute atomic E-state index is 0.0413. The van der Waals surface area contributed by atoms with E-state index < -0.39 is 0 Å². The second-order valence-electron chi connectivity index (χ2n) is 5.79. The van der Waals surface area contributed by atoms with Crippen LogP contribution in [0.4, 0.5) is 0 Å². The molecule has 1 unspecified atom stereocenters. The Balaban J connectivity index is 2.61. The molecule has 0 aromatic carbocycles. The highest BCUT2D eigenvalue weighted by Gasteiger charge is 2.45. The van der Waals surface area contributed by atoms with Crippen LogP contribution < -0.4 is 5.32 Å². The summed E-state index contributed by atoms with van der Waals surface area (Å²) in [4.78, 5) is 2.52. The maximum absolute atomic E-state index is 9.91. The molecule has 0 saturated heterocycles. The average Bonchev–Trinajstić information content (AvgIpc) is 3.19. The minimum atomic E-state index is -0.0413. The molecule has 1 saturated carbocycles. The van der Waals surface area contributed by atoms with Crippen molar-refractivity contribution in [2.24, 2.45) is 5.92 Å². The van der Waals surface area contributed by atoms with Gasteiger partial charge in [0.05, 0.1) is 12.1 Å². The predicted molar refractivity (Wildman–Crippen MR) is 77.9 cm³/mol. The standard InChI is InChI=1S/C15H32N2O/c1-4-9-16-15(13-18,14-7-8-14)12-17(10-5-2)11-6-3/h14,16,18H,4-13H2,1-3H3. The zero-order chi connectivity index (χ0) is 13.4. The predicted octanol–water partition coefficient (Wildman–Crippen LogP) is 2.25. The lowest BCUT2D eigenvalue weighted by atomic mass is 9.92. The zero-order valence-electron chi connectivity index (χ0n) is 12.5. The van der Waals surface area contributed by atoms with Gasteiger partial charge in [0.25, 0.3) is 0 Å². The summed E-state index contributed by atoms with van der Waals surface area (Å²) in [7, 11) is 0. The number of aliphatic hydroxyl groups excluding tert-OH is 1. The van der Waals surface area contributed by atoms with Crippen LogP contribution in [0.5, 0.6) is 0 Å². The van der Waals surface area contributed by atoms with E-state index in [0.717, 1.165) is 32.6 Å². The molecule has 0 aromatic rings. The van der Waals surface area contributed by atoms with Crippen LogP contribution in [-0.2, 0) is 0 Å². The Morgan fingerprint density at radius 2 is 1.72 bits per heavy atom. The van der Waals surface area contributed by atoms with Crippen LogP contribution >= 0.6 is 0 Å². The van der Waals surface area contributed by atoms with Crippen LogP contribution in [0.2, 0.25) is 0 Å². The molecule has 3 nitrogen and oxygen atoms in total. The fourth-order valence-electron chi connectivity index (χ4n) is 2.88. The Labute approximate surface area is 113 Å². The van der Waals surface area contributed by atoms with Crippen LogP contribution in [0.25, 0.3) is 0 Å². The second-order valence-corrected chi connectivity index (χ2v) is 5.79. The second kappa shape index (κ2) is 8.13. The maximum atomic E-state index is 9.91. The highest BCUT2D eigenvalue weighted by Crippen LogP contribution is 2.40. The summed E-state index contributed by atoms with van der Waals surface area (Å²) in [5.41, 5.74) is -0.0413. The lowest BCUT2D eigenvalue weighted by Gasteiger charge is -2.38. The third-order valence-corrected chi connectivity index (χ3v) is 3.95. The van der Waals surface area contributed by atoms with Gasteiger partial charge in [0, 0.05) is 6.54 Å². The highest BCUT2D eigenvalue weighted by molar-refractivity contribution is 5.02. The van der Waals surface area contributed by atoms with Gasteiger partial charge in [-0.15, -0.1) is 0 Å². The van der Waals surface area contributed by atoms with Crippen LogP contribution in [0.1, 0.15) is 52.9 Å². The van der Waals surface area contributed by atoms with Crippen molar-refractivity contribution in [3.8, 4) is 0 Å². The SMILES string of the molecule is CCCNC(CO)(CN(CCC)CCC)C1CC1. The fourth-order valence-corrected chi connectivity index (χ4v) is 2.88. The first kappa shape index (κ1) is 15.9. The molecule has 1 rings (SSSR count). The lowest BCUT2D eigenvalue weighted by Crippen LogP contribution is -2.58. The third kappa shape index (κ3) is 4.52. The van der Waals surface area contributed by atoms with E-state index in [2.05, 4.69) is 31.0 Å². The van der Waals surface area contributed by atoms with Gasteiger partial charge in [-0.3, -0.25) is 0 Å². The molecule has 1 atom stereocenters. The Bertz CT molecular complexity index is 213. The summed E-state index contributed by atoms with van der Waals surface area (Å²) >= 11 is 0. The highest BCUT2D eigenvalue weighted by atomic mass is 16.3. The summed E-state index contributed by atoms with van der Waals surface area (Å²) in [5, 5.41) is 13.6. The minimum Gasteiger partial charge on any atom is -0.394 e. The third-order valence-electron chi connectivity index (χ3n) is 3.95.